The molecule has 1 aromatic rings. The molecular formula is C15H22N2O2. The van der Waals surface area contributed by atoms with E-state index in [2.05, 4.69) is 13.8 Å². The van der Waals surface area contributed by atoms with Gasteiger partial charge in [-0.05, 0) is 43.0 Å². The molecule has 0 radical (unpaired) electrons. The highest BCUT2D eigenvalue weighted by Crippen LogP contribution is 2.36. The number of nitrogens with two attached hydrogens (primary N) is 1. The summed E-state index contributed by atoms with van der Waals surface area (Å²) in [6.07, 6.45) is -0.428. The van der Waals surface area contributed by atoms with Crippen LogP contribution < -0.4 is 15.4 Å². The van der Waals surface area contributed by atoms with E-state index in [0.29, 0.717) is 18.4 Å². The number of rotatable bonds is 3. The van der Waals surface area contributed by atoms with Crippen LogP contribution in [0.2, 0.25) is 0 Å². The maximum Gasteiger partial charge on any atom is 0.267 e. The van der Waals surface area contributed by atoms with Gasteiger partial charge in [0.2, 0.25) is 0 Å². The molecular weight excluding hydrogens is 240 g/mol. The lowest BCUT2D eigenvalue weighted by Gasteiger charge is -2.31. The van der Waals surface area contributed by atoms with Crippen LogP contribution in [0.1, 0.15) is 32.3 Å². The van der Waals surface area contributed by atoms with E-state index in [1.165, 1.54) is 5.56 Å². The molecule has 1 amide bonds. The van der Waals surface area contributed by atoms with Gasteiger partial charge in [0.15, 0.2) is 6.10 Å². The third-order valence-electron chi connectivity index (χ3n) is 3.81. The van der Waals surface area contributed by atoms with E-state index in [1.807, 2.05) is 18.2 Å². The molecule has 1 aromatic carbocycles. The first-order valence-corrected chi connectivity index (χ1v) is 6.74. The second-order valence-corrected chi connectivity index (χ2v) is 5.47. The summed E-state index contributed by atoms with van der Waals surface area (Å²) in [5.41, 5.74) is 7.85. The summed E-state index contributed by atoms with van der Waals surface area (Å²) in [5.74, 6) is 1.54. The number of carbonyl (C=O) groups excluding carboxylic acids is 1. The fourth-order valence-electron chi connectivity index (χ4n) is 2.56. The minimum atomic E-state index is -0.428. The molecule has 0 aliphatic carbocycles. The summed E-state index contributed by atoms with van der Waals surface area (Å²) >= 11 is 0. The Bertz CT molecular complexity index is 485. The molecule has 104 valence electrons. The van der Waals surface area contributed by atoms with Gasteiger partial charge in [0.1, 0.15) is 5.75 Å². The highest BCUT2D eigenvalue weighted by Gasteiger charge is 2.29. The Hall–Kier alpha value is -1.55. The van der Waals surface area contributed by atoms with E-state index in [-0.39, 0.29) is 5.91 Å². The van der Waals surface area contributed by atoms with Crippen LogP contribution in [0.5, 0.6) is 5.75 Å². The van der Waals surface area contributed by atoms with Crippen molar-refractivity contribution in [1.29, 1.82) is 0 Å². The molecule has 1 aliphatic rings. The van der Waals surface area contributed by atoms with E-state index in [4.69, 9.17) is 10.5 Å². The van der Waals surface area contributed by atoms with Crippen molar-refractivity contribution < 1.29 is 9.53 Å². The summed E-state index contributed by atoms with van der Waals surface area (Å²) in [6.45, 7) is 6.71. The Morgan fingerprint density at radius 3 is 2.68 bits per heavy atom. The van der Waals surface area contributed by atoms with Crippen molar-refractivity contribution in [3.05, 3.63) is 23.8 Å². The molecule has 0 spiro atoms. The Morgan fingerprint density at radius 1 is 1.42 bits per heavy atom. The first kappa shape index (κ1) is 13.9. The number of carbonyl (C=O) groups is 1. The van der Waals surface area contributed by atoms with Gasteiger partial charge in [-0.3, -0.25) is 4.79 Å². The molecule has 2 N–H and O–H groups in total. The first-order valence-electron chi connectivity index (χ1n) is 6.74. The molecule has 1 aliphatic heterocycles. The lowest BCUT2D eigenvalue weighted by Crippen LogP contribution is -2.42. The number of amides is 1. The number of hydrogen-bond acceptors (Lipinski definition) is 3. The molecule has 4 heteroatoms. The fraction of sp³-hybridized carbons (Fsp3) is 0.533. The summed E-state index contributed by atoms with van der Waals surface area (Å²) in [5, 5.41) is 0. The van der Waals surface area contributed by atoms with Crippen LogP contribution in [-0.4, -0.2) is 25.6 Å². The quantitative estimate of drug-likeness (QED) is 0.908. The van der Waals surface area contributed by atoms with Crippen LogP contribution in [0.4, 0.5) is 5.69 Å². The molecule has 0 saturated carbocycles. The van der Waals surface area contributed by atoms with Gasteiger partial charge in [0.05, 0.1) is 5.69 Å². The zero-order valence-corrected chi connectivity index (χ0v) is 12.0. The van der Waals surface area contributed by atoms with Gasteiger partial charge in [-0.15, -0.1) is 0 Å². The predicted molar refractivity (Wildman–Crippen MR) is 76.6 cm³/mol. The summed E-state index contributed by atoms with van der Waals surface area (Å²) in [6, 6.07) is 6.01. The third kappa shape index (κ3) is 2.45. The van der Waals surface area contributed by atoms with Crippen LogP contribution >= 0.6 is 0 Å². The fourth-order valence-corrected chi connectivity index (χ4v) is 2.56. The van der Waals surface area contributed by atoms with E-state index in [1.54, 1.807) is 18.9 Å². The van der Waals surface area contributed by atoms with Crippen LogP contribution in [0.3, 0.4) is 0 Å². The van der Waals surface area contributed by atoms with Crippen LogP contribution in [0, 0.1) is 5.92 Å². The van der Waals surface area contributed by atoms with Crippen molar-refractivity contribution in [1.82, 2.24) is 0 Å². The summed E-state index contributed by atoms with van der Waals surface area (Å²) in [4.78, 5) is 13.5. The monoisotopic (exact) mass is 262 g/mol. The number of ether oxygens (including phenoxy) is 1. The largest absolute Gasteiger partial charge is 0.479 e. The predicted octanol–water partition coefficient (Wildman–Crippen LogP) is 2.13. The van der Waals surface area contributed by atoms with E-state index in [0.717, 1.165) is 11.4 Å². The molecule has 19 heavy (non-hydrogen) atoms. The second kappa shape index (κ2) is 5.21. The number of hydrogen-bond donors (Lipinski definition) is 1. The Balaban J connectivity index is 2.39. The molecule has 2 unspecified atom stereocenters. The molecule has 2 rings (SSSR count). The average Bonchev–Trinajstić information content (AvgIpc) is 2.36. The Kier molecular flexibility index (Phi) is 3.80. The van der Waals surface area contributed by atoms with Gasteiger partial charge in [-0.25, -0.2) is 0 Å². The number of nitrogens with zero attached hydrogens (tertiary/aromatic N) is 1. The SMILES string of the molecule is CC1Oc2cc(C(CN)C(C)C)ccc2N(C)C1=O. The minimum absolute atomic E-state index is 0.0144. The van der Waals surface area contributed by atoms with Gasteiger partial charge in [0, 0.05) is 7.05 Å². The summed E-state index contributed by atoms with van der Waals surface area (Å²) < 4.78 is 5.70. The third-order valence-corrected chi connectivity index (χ3v) is 3.81. The van der Waals surface area contributed by atoms with E-state index >= 15 is 0 Å². The number of benzene rings is 1. The highest BCUT2D eigenvalue weighted by atomic mass is 16.5. The zero-order valence-electron chi connectivity index (χ0n) is 12.0. The summed E-state index contributed by atoms with van der Waals surface area (Å²) in [7, 11) is 1.78. The number of fused-ring (bicyclic) bond motifs is 1. The molecule has 4 nitrogen and oxygen atoms in total. The molecule has 0 bridgehead atoms. The number of likely N-dealkylation sites (N-methyl/N-ethyl adjacent to an activating group) is 1. The lowest BCUT2D eigenvalue weighted by molar-refractivity contribution is -0.125. The topological polar surface area (TPSA) is 55.6 Å². The van der Waals surface area contributed by atoms with Gasteiger partial charge < -0.3 is 15.4 Å². The zero-order chi connectivity index (χ0) is 14.2. The van der Waals surface area contributed by atoms with Crippen molar-refractivity contribution in [2.45, 2.75) is 32.8 Å². The van der Waals surface area contributed by atoms with Crippen molar-refractivity contribution in [2.24, 2.45) is 11.7 Å². The minimum Gasteiger partial charge on any atom is -0.479 e. The maximum atomic E-state index is 11.9. The van der Waals surface area contributed by atoms with Crippen LogP contribution in [0.15, 0.2) is 18.2 Å². The van der Waals surface area contributed by atoms with Crippen molar-refractivity contribution >= 4 is 11.6 Å². The molecule has 2 atom stereocenters. The Morgan fingerprint density at radius 2 is 2.11 bits per heavy atom. The second-order valence-electron chi connectivity index (χ2n) is 5.47. The number of anilines is 1. The van der Waals surface area contributed by atoms with Crippen molar-refractivity contribution in [3.8, 4) is 5.75 Å². The maximum absolute atomic E-state index is 11.9. The molecule has 1 heterocycles. The average molecular weight is 262 g/mol. The molecule has 0 saturated heterocycles. The van der Waals surface area contributed by atoms with E-state index < -0.39 is 6.10 Å². The van der Waals surface area contributed by atoms with Crippen molar-refractivity contribution in [2.75, 3.05) is 18.5 Å². The smallest absolute Gasteiger partial charge is 0.267 e. The Labute approximate surface area is 114 Å². The first-order chi connectivity index (χ1) is 8.95. The van der Waals surface area contributed by atoms with Gasteiger partial charge in [0.25, 0.3) is 5.91 Å². The molecule has 0 fully saturated rings. The standard InChI is InChI=1S/C15H22N2O2/c1-9(2)12(8-16)11-5-6-13-14(7-11)19-10(3)15(18)17(13)4/h5-7,9-10,12H,8,16H2,1-4H3. The van der Waals surface area contributed by atoms with Gasteiger partial charge in [-0.2, -0.15) is 0 Å². The van der Waals surface area contributed by atoms with Crippen LogP contribution in [0.25, 0.3) is 0 Å². The lowest BCUT2D eigenvalue weighted by atomic mass is 9.88. The van der Waals surface area contributed by atoms with E-state index in [9.17, 15) is 4.79 Å². The van der Waals surface area contributed by atoms with Crippen LogP contribution in [-0.2, 0) is 4.79 Å². The highest BCUT2D eigenvalue weighted by molar-refractivity contribution is 5.99. The normalized spacial score (nSPS) is 20.2. The molecule has 0 aromatic heterocycles. The van der Waals surface area contributed by atoms with Gasteiger partial charge in [-0.1, -0.05) is 19.9 Å². The van der Waals surface area contributed by atoms with Gasteiger partial charge >= 0.3 is 0 Å². The van der Waals surface area contributed by atoms with Crippen molar-refractivity contribution in [3.63, 3.8) is 0 Å².